The van der Waals surface area contributed by atoms with E-state index >= 15 is 0 Å². The molecule has 1 aromatic carbocycles. The third-order valence-electron chi connectivity index (χ3n) is 3.71. The maximum absolute atomic E-state index is 12.1. The zero-order chi connectivity index (χ0) is 16.8. The van der Waals surface area contributed by atoms with Crippen LogP contribution in [0.5, 0.6) is 5.75 Å². The summed E-state index contributed by atoms with van der Waals surface area (Å²) < 4.78 is 5.70. The van der Waals surface area contributed by atoms with Crippen LogP contribution in [0.15, 0.2) is 29.6 Å². The number of hydrogen-bond donors (Lipinski definition) is 1. The highest BCUT2D eigenvalue weighted by atomic mass is 32.1. The van der Waals surface area contributed by atoms with Crippen molar-refractivity contribution in [2.45, 2.75) is 32.9 Å². The van der Waals surface area contributed by atoms with Gasteiger partial charge in [-0.3, -0.25) is 4.79 Å². The average molecular weight is 333 g/mol. The number of aromatic nitrogens is 1. The SMILES string of the molecule is Cc1ccc(OCc2nc(CC(=O)N(C)C(C)CN)cs2)cc1. The molecule has 1 amide bonds. The Morgan fingerprint density at radius 1 is 1.39 bits per heavy atom. The zero-order valence-corrected chi connectivity index (χ0v) is 14.6. The van der Waals surface area contributed by atoms with E-state index in [2.05, 4.69) is 4.98 Å². The number of nitrogens with zero attached hydrogens (tertiary/aromatic N) is 2. The second-order valence-corrected chi connectivity index (χ2v) is 6.54. The van der Waals surface area contributed by atoms with Gasteiger partial charge in [-0.05, 0) is 26.0 Å². The minimum atomic E-state index is 0.0271. The first kappa shape index (κ1) is 17.4. The highest BCUT2D eigenvalue weighted by Gasteiger charge is 2.16. The molecule has 2 aromatic rings. The van der Waals surface area contributed by atoms with Crippen LogP contribution in [0.1, 0.15) is 23.2 Å². The van der Waals surface area contributed by atoms with Gasteiger partial charge in [0.2, 0.25) is 5.91 Å². The van der Waals surface area contributed by atoms with Crippen molar-refractivity contribution in [2.24, 2.45) is 5.73 Å². The highest BCUT2D eigenvalue weighted by Crippen LogP contribution is 2.16. The fourth-order valence-electron chi connectivity index (χ4n) is 1.96. The van der Waals surface area contributed by atoms with Crippen LogP contribution in [-0.4, -0.2) is 35.4 Å². The van der Waals surface area contributed by atoms with Gasteiger partial charge in [0, 0.05) is 25.0 Å². The fraction of sp³-hybridized carbons (Fsp3) is 0.412. The Morgan fingerprint density at radius 3 is 2.74 bits per heavy atom. The summed E-state index contributed by atoms with van der Waals surface area (Å²) >= 11 is 1.51. The Hall–Kier alpha value is -1.92. The van der Waals surface area contributed by atoms with Crippen molar-refractivity contribution >= 4 is 17.2 Å². The highest BCUT2D eigenvalue weighted by molar-refractivity contribution is 7.09. The van der Waals surface area contributed by atoms with Crippen LogP contribution in [0.25, 0.3) is 0 Å². The van der Waals surface area contributed by atoms with Gasteiger partial charge in [-0.25, -0.2) is 4.98 Å². The van der Waals surface area contributed by atoms with Gasteiger partial charge in [-0.1, -0.05) is 17.7 Å². The summed E-state index contributed by atoms with van der Waals surface area (Å²) in [5.41, 5.74) is 7.56. The molecule has 2 N–H and O–H groups in total. The molecule has 0 aliphatic heterocycles. The maximum Gasteiger partial charge on any atom is 0.228 e. The minimum Gasteiger partial charge on any atom is -0.486 e. The smallest absolute Gasteiger partial charge is 0.228 e. The Kier molecular flexibility index (Phi) is 6.12. The first-order chi connectivity index (χ1) is 11.0. The topological polar surface area (TPSA) is 68.5 Å². The number of amides is 1. The third-order valence-corrected chi connectivity index (χ3v) is 4.58. The van der Waals surface area contributed by atoms with Crippen molar-refractivity contribution in [3.63, 3.8) is 0 Å². The molecular weight excluding hydrogens is 310 g/mol. The largest absolute Gasteiger partial charge is 0.486 e. The summed E-state index contributed by atoms with van der Waals surface area (Å²) in [5, 5.41) is 2.77. The number of nitrogens with two attached hydrogens (primary N) is 1. The number of carbonyl (C=O) groups excluding carboxylic acids is 1. The molecule has 5 nitrogen and oxygen atoms in total. The number of benzene rings is 1. The van der Waals surface area contributed by atoms with E-state index < -0.39 is 0 Å². The van der Waals surface area contributed by atoms with Crippen LogP contribution in [0, 0.1) is 6.92 Å². The first-order valence-electron chi connectivity index (χ1n) is 7.58. The molecule has 0 fully saturated rings. The quantitative estimate of drug-likeness (QED) is 0.845. The van der Waals surface area contributed by atoms with E-state index in [4.69, 9.17) is 10.5 Å². The summed E-state index contributed by atoms with van der Waals surface area (Å²) in [6.07, 6.45) is 0.294. The molecule has 0 saturated heterocycles. The monoisotopic (exact) mass is 333 g/mol. The lowest BCUT2D eigenvalue weighted by atomic mass is 10.2. The molecule has 2 rings (SSSR count). The first-order valence-corrected chi connectivity index (χ1v) is 8.46. The van der Waals surface area contributed by atoms with Crippen LogP contribution in [0.4, 0.5) is 0 Å². The van der Waals surface area contributed by atoms with E-state index in [1.165, 1.54) is 16.9 Å². The van der Waals surface area contributed by atoms with Crippen molar-refractivity contribution in [3.05, 3.63) is 45.9 Å². The number of likely N-dealkylation sites (N-methyl/N-ethyl adjacent to an activating group) is 1. The minimum absolute atomic E-state index is 0.0271. The Labute approximate surface area is 141 Å². The van der Waals surface area contributed by atoms with Crippen LogP contribution in [-0.2, 0) is 17.8 Å². The summed E-state index contributed by atoms with van der Waals surface area (Å²) in [5.74, 6) is 0.846. The summed E-state index contributed by atoms with van der Waals surface area (Å²) in [6.45, 7) is 4.84. The predicted octanol–water partition coefficient (Wildman–Crippen LogP) is 2.38. The van der Waals surface area contributed by atoms with Crippen LogP contribution in [0.2, 0.25) is 0 Å². The van der Waals surface area contributed by atoms with Gasteiger partial charge in [0.05, 0.1) is 12.1 Å². The lowest BCUT2D eigenvalue weighted by Gasteiger charge is -2.23. The molecule has 0 bridgehead atoms. The van der Waals surface area contributed by atoms with Crippen molar-refractivity contribution < 1.29 is 9.53 Å². The van der Waals surface area contributed by atoms with Gasteiger partial charge in [0.25, 0.3) is 0 Å². The number of hydrogen-bond acceptors (Lipinski definition) is 5. The number of thiazole rings is 1. The molecule has 0 aliphatic carbocycles. The molecule has 1 heterocycles. The van der Waals surface area contributed by atoms with E-state index in [1.54, 1.807) is 11.9 Å². The van der Waals surface area contributed by atoms with E-state index in [0.29, 0.717) is 19.6 Å². The molecule has 23 heavy (non-hydrogen) atoms. The van der Waals surface area contributed by atoms with Crippen LogP contribution >= 0.6 is 11.3 Å². The molecule has 0 radical (unpaired) electrons. The average Bonchev–Trinajstić information content (AvgIpc) is 3.00. The lowest BCUT2D eigenvalue weighted by Crippen LogP contribution is -2.40. The normalized spacial score (nSPS) is 12.0. The summed E-state index contributed by atoms with van der Waals surface area (Å²) in [4.78, 5) is 18.3. The predicted molar refractivity (Wildman–Crippen MR) is 92.6 cm³/mol. The number of rotatable bonds is 7. The van der Waals surface area contributed by atoms with Crippen LogP contribution < -0.4 is 10.5 Å². The van der Waals surface area contributed by atoms with E-state index in [-0.39, 0.29) is 11.9 Å². The molecule has 1 aromatic heterocycles. The lowest BCUT2D eigenvalue weighted by molar-refractivity contribution is -0.130. The molecule has 0 spiro atoms. The molecular formula is C17H23N3O2S. The van der Waals surface area contributed by atoms with E-state index in [9.17, 15) is 4.79 Å². The maximum atomic E-state index is 12.1. The molecule has 6 heteroatoms. The van der Waals surface area contributed by atoms with Gasteiger partial charge in [-0.15, -0.1) is 11.3 Å². The van der Waals surface area contributed by atoms with Gasteiger partial charge < -0.3 is 15.4 Å². The van der Waals surface area contributed by atoms with Gasteiger partial charge in [0.15, 0.2) is 0 Å². The third kappa shape index (κ3) is 5.04. The molecule has 124 valence electrons. The summed E-state index contributed by atoms with van der Waals surface area (Å²) in [7, 11) is 1.77. The standard InChI is InChI=1S/C17H23N3O2S/c1-12-4-6-15(7-5-12)22-10-16-19-14(11-23-16)8-17(21)20(3)13(2)9-18/h4-7,11,13H,8-10,18H2,1-3H3. The summed E-state index contributed by atoms with van der Waals surface area (Å²) in [6, 6.07) is 7.93. The van der Waals surface area contributed by atoms with Crippen molar-refractivity contribution in [1.29, 1.82) is 0 Å². The zero-order valence-electron chi connectivity index (χ0n) is 13.8. The number of ether oxygens (including phenoxy) is 1. The van der Waals surface area contributed by atoms with Gasteiger partial charge in [-0.2, -0.15) is 0 Å². The van der Waals surface area contributed by atoms with Crippen molar-refractivity contribution in [3.8, 4) is 5.75 Å². The number of carbonyl (C=O) groups is 1. The Bertz CT molecular complexity index is 640. The Morgan fingerprint density at radius 2 is 2.09 bits per heavy atom. The van der Waals surface area contributed by atoms with Gasteiger partial charge in [0.1, 0.15) is 17.4 Å². The van der Waals surface area contributed by atoms with E-state index in [1.807, 2.05) is 43.5 Å². The number of aryl methyl sites for hydroxylation is 1. The molecule has 0 saturated carbocycles. The molecule has 1 unspecified atom stereocenters. The Balaban J connectivity index is 1.88. The fourth-order valence-corrected chi connectivity index (χ4v) is 2.66. The second-order valence-electron chi connectivity index (χ2n) is 5.60. The molecule has 0 aliphatic rings. The van der Waals surface area contributed by atoms with E-state index in [0.717, 1.165) is 16.5 Å². The van der Waals surface area contributed by atoms with Crippen LogP contribution in [0.3, 0.4) is 0 Å². The molecule has 1 atom stereocenters. The van der Waals surface area contributed by atoms with Crippen molar-refractivity contribution in [2.75, 3.05) is 13.6 Å². The van der Waals surface area contributed by atoms with Gasteiger partial charge >= 0.3 is 0 Å². The van der Waals surface area contributed by atoms with Crippen molar-refractivity contribution in [1.82, 2.24) is 9.88 Å². The second kappa shape index (κ2) is 8.08.